The van der Waals surface area contributed by atoms with Crippen molar-refractivity contribution in [3.63, 3.8) is 0 Å². The van der Waals surface area contributed by atoms with Gasteiger partial charge in [-0.05, 0) is 37.5 Å². The van der Waals surface area contributed by atoms with Crippen LogP contribution in [0.15, 0.2) is 0 Å². The summed E-state index contributed by atoms with van der Waals surface area (Å²) in [6.07, 6.45) is 9.23. The van der Waals surface area contributed by atoms with Gasteiger partial charge < -0.3 is 10.1 Å². The largest absolute Gasteiger partial charge is 0.372 e. The van der Waals surface area contributed by atoms with Crippen molar-refractivity contribution in [3.8, 4) is 0 Å². The minimum atomic E-state index is 0.167. The lowest BCUT2D eigenvalue weighted by Gasteiger charge is -2.50. The molecule has 3 unspecified atom stereocenters. The molecule has 1 N–H and O–H groups in total. The van der Waals surface area contributed by atoms with E-state index in [2.05, 4.69) is 26.1 Å². The Morgan fingerprint density at radius 1 is 1.39 bits per heavy atom. The van der Waals surface area contributed by atoms with Crippen molar-refractivity contribution in [2.45, 2.75) is 77.4 Å². The fraction of sp³-hybridized carbons (Fsp3) is 1.00. The molecular formula is C16H31NO. The summed E-state index contributed by atoms with van der Waals surface area (Å²) in [4.78, 5) is 0. The van der Waals surface area contributed by atoms with Crippen LogP contribution in [0.2, 0.25) is 0 Å². The third kappa shape index (κ3) is 3.08. The molecule has 2 nitrogen and oxygen atoms in total. The molecule has 2 heteroatoms. The van der Waals surface area contributed by atoms with Crippen molar-refractivity contribution in [1.82, 2.24) is 5.32 Å². The molecular weight excluding hydrogens is 222 g/mol. The highest BCUT2D eigenvalue weighted by molar-refractivity contribution is 5.00. The number of rotatable bonds is 4. The predicted octanol–water partition coefficient (Wildman–Crippen LogP) is 3.75. The zero-order valence-electron chi connectivity index (χ0n) is 12.5. The average molecular weight is 253 g/mol. The first kappa shape index (κ1) is 14.3. The Balaban J connectivity index is 2.04. The lowest BCUT2D eigenvalue weighted by Crippen LogP contribution is -2.60. The van der Waals surface area contributed by atoms with Crippen LogP contribution in [-0.4, -0.2) is 24.8 Å². The Morgan fingerprint density at radius 3 is 2.94 bits per heavy atom. The number of ether oxygens (including phenoxy) is 1. The van der Waals surface area contributed by atoms with Crippen molar-refractivity contribution in [2.24, 2.45) is 11.8 Å². The first-order valence-corrected chi connectivity index (χ1v) is 8.05. The maximum Gasteiger partial charge on any atom is 0.0838 e. The fourth-order valence-electron chi connectivity index (χ4n) is 3.88. The minimum absolute atomic E-state index is 0.167. The lowest BCUT2D eigenvalue weighted by atomic mass is 9.69. The van der Waals surface area contributed by atoms with Crippen LogP contribution in [0.3, 0.4) is 0 Å². The topological polar surface area (TPSA) is 21.3 Å². The van der Waals surface area contributed by atoms with E-state index in [0.717, 1.165) is 25.0 Å². The smallest absolute Gasteiger partial charge is 0.0838 e. The molecule has 1 saturated heterocycles. The molecule has 2 fully saturated rings. The normalized spacial score (nSPS) is 37.3. The second-order valence-corrected chi connectivity index (χ2v) is 6.66. The molecule has 18 heavy (non-hydrogen) atoms. The molecule has 0 aromatic rings. The highest BCUT2D eigenvalue weighted by atomic mass is 16.5. The van der Waals surface area contributed by atoms with Gasteiger partial charge in [0.05, 0.1) is 12.2 Å². The summed E-state index contributed by atoms with van der Waals surface area (Å²) in [6.45, 7) is 8.99. The number of hydrogen-bond acceptors (Lipinski definition) is 2. The van der Waals surface area contributed by atoms with E-state index < -0.39 is 0 Å². The summed E-state index contributed by atoms with van der Waals surface area (Å²) >= 11 is 0. The molecule has 1 aliphatic heterocycles. The first-order valence-electron chi connectivity index (χ1n) is 8.05. The Hall–Kier alpha value is -0.0800. The van der Waals surface area contributed by atoms with Crippen molar-refractivity contribution in [2.75, 3.05) is 13.2 Å². The van der Waals surface area contributed by atoms with Gasteiger partial charge in [0.25, 0.3) is 0 Å². The highest BCUT2D eigenvalue weighted by Crippen LogP contribution is 2.42. The van der Waals surface area contributed by atoms with Crippen molar-refractivity contribution in [3.05, 3.63) is 0 Å². The summed E-state index contributed by atoms with van der Waals surface area (Å²) in [5.74, 6) is 1.67. The zero-order chi connectivity index (χ0) is 13.0. The minimum Gasteiger partial charge on any atom is -0.372 e. The van der Waals surface area contributed by atoms with E-state index in [4.69, 9.17) is 4.74 Å². The molecule has 3 atom stereocenters. The summed E-state index contributed by atoms with van der Waals surface area (Å²) in [5.41, 5.74) is 0.167. The molecule has 2 aliphatic rings. The quantitative estimate of drug-likeness (QED) is 0.824. The maximum absolute atomic E-state index is 6.33. The van der Waals surface area contributed by atoms with Gasteiger partial charge in [-0.2, -0.15) is 0 Å². The molecule has 1 spiro atoms. The van der Waals surface area contributed by atoms with E-state index in [1.807, 2.05) is 0 Å². The highest BCUT2D eigenvalue weighted by Gasteiger charge is 2.45. The van der Waals surface area contributed by atoms with E-state index in [1.54, 1.807) is 0 Å². The van der Waals surface area contributed by atoms with Crippen LogP contribution in [0.1, 0.15) is 65.7 Å². The van der Waals surface area contributed by atoms with E-state index in [9.17, 15) is 0 Å². The van der Waals surface area contributed by atoms with Crippen LogP contribution < -0.4 is 5.32 Å². The molecule has 1 heterocycles. The van der Waals surface area contributed by atoms with E-state index in [1.165, 1.54) is 44.9 Å². The summed E-state index contributed by atoms with van der Waals surface area (Å²) in [6, 6.07) is 0.604. The van der Waals surface area contributed by atoms with Gasteiger partial charge in [-0.3, -0.25) is 0 Å². The lowest BCUT2D eigenvalue weighted by molar-refractivity contribution is -0.133. The average Bonchev–Trinajstić information content (AvgIpc) is 2.38. The van der Waals surface area contributed by atoms with Crippen molar-refractivity contribution >= 4 is 0 Å². The Kier molecular flexibility index (Phi) is 5.08. The monoisotopic (exact) mass is 253 g/mol. The maximum atomic E-state index is 6.33. The van der Waals surface area contributed by atoms with E-state index in [-0.39, 0.29) is 5.60 Å². The second kappa shape index (κ2) is 6.38. The predicted molar refractivity (Wildman–Crippen MR) is 76.8 cm³/mol. The van der Waals surface area contributed by atoms with Gasteiger partial charge >= 0.3 is 0 Å². The summed E-state index contributed by atoms with van der Waals surface area (Å²) in [5, 5.41) is 3.75. The van der Waals surface area contributed by atoms with Gasteiger partial charge in [-0.25, -0.2) is 0 Å². The van der Waals surface area contributed by atoms with Gasteiger partial charge in [0.1, 0.15) is 0 Å². The SMILES string of the molecule is CCCCC1NCCOC12CCCC(C(C)C)C2. The number of hydrogen-bond donors (Lipinski definition) is 1. The number of nitrogens with one attached hydrogen (secondary N) is 1. The summed E-state index contributed by atoms with van der Waals surface area (Å²) in [7, 11) is 0. The van der Waals surface area contributed by atoms with E-state index in [0.29, 0.717) is 6.04 Å². The number of unbranched alkanes of at least 4 members (excludes halogenated alkanes) is 1. The molecule has 0 aromatic heterocycles. The molecule has 0 radical (unpaired) electrons. The van der Waals surface area contributed by atoms with Crippen LogP contribution in [0.5, 0.6) is 0 Å². The first-order chi connectivity index (χ1) is 8.68. The third-order valence-corrected chi connectivity index (χ3v) is 5.09. The number of morpholine rings is 1. The van der Waals surface area contributed by atoms with Gasteiger partial charge in [-0.1, -0.05) is 40.0 Å². The Morgan fingerprint density at radius 2 is 2.22 bits per heavy atom. The summed E-state index contributed by atoms with van der Waals surface area (Å²) < 4.78 is 6.33. The van der Waals surface area contributed by atoms with Crippen LogP contribution in [0.4, 0.5) is 0 Å². The third-order valence-electron chi connectivity index (χ3n) is 5.09. The molecule has 2 rings (SSSR count). The molecule has 1 aliphatic carbocycles. The van der Waals surface area contributed by atoms with Crippen molar-refractivity contribution < 1.29 is 4.74 Å². The molecule has 0 bridgehead atoms. The van der Waals surface area contributed by atoms with Crippen LogP contribution in [0, 0.1) is 11.8 Å². The second-order valence-electron chi connectivity index (χ2n) is 6.66. The Labute approximate surface area is 113 Å². The van der Waals surface area contributed by atoms with Gasteiger partial charge in [0.2, 0.25) is 0 Å². The van der Waals surface area contributed by atoms with Gasteiger partial charge in [0.15, 0.2) is 0 Å². The standard InChI is InChI=1S/C16H31NO/c1-4-5-8-15-16(18-11-10-17-15)9-6-7-14(12-16)13(2)3/h13-15,17H,4-12H2,1-3H3. The Bertz CT molecular complexity index is 249. The fourth-order valence-corrected chi connectivity index (χ4v) is 3.88. The molecule has 1 saturated carbocycles. The zero-order valence-corrected chi connectivity index (χ0v) is 12.5. The van der Waals surface area contributed by atoms with E-state index >= 15 is 0 Å². The molecule has 0 aromatic carbocycles. The van der Waals surface area contributed by atoms with Crippen molar-refractivity contribution in [1.29, 1.82) is 0 Å². The van der Waals surface area contributed by atoms with Crippen LogP contribution in [-0.2, 0) is 4.74 Å². The molecule has 106 valence electrons. The van der Waals surface area contributed by atoms with Crippen LogP contribution >= 0.6 is 0 Å². The van der Waals surface area contributed by atoms with Crippen LogP contribution in [0.25, 0.3) is 0 Å². The van der Waals surface area contributed by atoms with Gasteiger partial charge in [0, 0.05) is 12.6 Å². The molecule has 0 amide bonds. The van der Waals surface area contributed by atoms with Gasteiger partial charge in [-0.15, -0.1) is 0 Å².